The van der Waals surface area contributed by atoms with Gasteiger partial charge in [-0.2, -0.15) is 0 Å². The number of halogens is 3. The SMILES string of the molecule is O=S(=O)(Nc1cc(F)c(Br)cc1F)c1ccccc1CO. The molecule has 0 saturated carbocycles. The van der Waals surface area contributed by atoms with E-state index < -0.39 is 34.0 Å². The van der Waals surface area contributed by atoms with Gasteiger partial charge in [0.2, 0.25) is 0 Å². The van der Waals surface area contributed by atoms with Gasteiger partial charge in [0.1, 0.15) is 11.6 Å². The van der Waals surface area contributed by atoms with Crippen LogP contribution in [-0.2, 0) is 16.6 Å². The molecule has 8 heteroatoms. The molecule has 0 heterocycles. The predicted octanol–water partition coefficient (Wildman–Crippen LogP) is 3.02. The molecule has 4 nitrogen and oxygen atoms in total. The fourth-order valence-corrected chi connectivity index (χ4v) is 3.30. The van der Waals surface area contributed by atoms with Crippen molar-refractivity contribution in [3.05, 3.63) is 58.1 Å². The van der Waals surface area contributed by atoms with Crippen LogP contribution in [0.3, 0.4) is 0 Å². The smallest absolute Gasteiger partial charge is 0.262 e. The fraction of sp³-hybridized carbons (Fsp3) is 0.0769. The average molecular weight is 378 g/mol. The Bertz CT molecular complexity index is 781. The molecule has 0 aliphatic heterocycles. The molecule has 0 amide bonds. The Balaban J connectivity index is 2.45. The maximum Gasteiger partial charge on any atom is 0.262 e. The molecule has 112 valence electrons. The van der Waals surface area contributed by atoms with Crippen molar-refractivity contribution in [2.24, 2.45) is 0 Å². The van der Waals surface area contributed by atoms with E-state index in [-0.39, 0.29) is 14.9 Å². The molecule has 0 aliphatic rings. The molecular formula is C13H10BrF2NO3S. The van der Waals surface area contributed by atoms with Crippen molar-refractivity contribution >= 4 is 31.6 Å². The maximum atomic E-state index is 13.7. The Morgan fingerprint density at radius 2 is 1.81 bits per heavy atom. The Labute approximate surface area is 128 Å². The summed E-state index contributed by atoms with van der Waals surface area (Å²) in [5.74, 6) is -1.72. The topological polar surface area (TPSA) is 66.4 Å². The lowest BCUT2D eigenvalue weighted by Gasteiger charge is -2.12. The van der Waals surface area contributed by atoms with Gasteiger partial charge in [0.25, 0.3) is 10.0 Å². The van der Waals surface area contributed by atoms with E-state index >= 15 is 0 Å². The maximum absolute atomic E-state index is 13.7. The van der Waals surface area contributed by atoms with Gasteiger partial charge >= 0.3 is 0 Å². The lowest BCUT2D eigenvalue weighted by atomic mass is 10.2. The van der Waals surface area contributed by atoms with Crippen molar-refractivity contribution in [3.63, 3.8) is 0 Å². The summed E-state index contributed by atoms with van der Waals surface area (Å²) in [6.07, 6.45) is 0. The highest BCUT2D eigenvalue weighted by Gasteiger charge is 2.20. The minimum atomic E-state index is -4.14. The second-order valence-corrected chi connectivity index (χ2v) is 6.62. The van der Waals surface area contributed by atoms with E-state index in [0.717, 1.165) is 12.1 Å². The minimum absolute atomic E-state index is 0.112. The second-order valence-electron chi connectivity index (χ2n) is 4.12. The Kier molecular flexibility index (Phi) is 4.60. The number of hydrogen-bond acceptors (Lipinski definition) is 3. The summed E-state index contributed by atoms with van der Waals surface area (Å²) in [4.78, 5) is -0.199. The van der Waals surface area contributed by atoms with Crippen LogP contribution in [0.1, 0.15) is 5.56 Å². The van der Waals surface area contributed by atoms with E-state index in [1.165, 1.54) is 18.2 Å². The first-order valence-electron chi connectivity index (χ1n) is 5.71. The van der Waals surface area contributed by atoms with Crippen LogP contribution in [0.25, 0.3) is 0 Å². The van der Waals surface area contributed by atoms with Gasteiger partial charge in [0, 0.05) is 6.07 Å². The molecule has 0 aromatic heterocycles. The minimum Gasteiger partial charge on any atom is -0.392 e. The van der Waals surface area contributed by atoms with Gasteiger partial charge in [0.15, 0.2) is 0 Å². The summed E-state index contributed by atoms with van der Waals surface area (Å²) in [6, 6.07) is 7.27. The van der Waals surface area contributed by atoms with Crippen LogP contribution in [0.15, 0.2) is 45.8 Å². The van der Waals surface area contributed by atoms with Gasteiger partial charge in [0.05, 0.1) is 21.7 Å². The van der Waals surface area contributed by atoms with Gasteiger partial charge in [-0.25, -0.2) is 17.2 Å². The number of hydrogen-bond donors (Lipinski definition) is 2. The lowest BCUT2D eigenvalue weighted by Crippen LogP contribution is -2.16. The van der Waals surface area contributed by atoms with Crippen LogP contribution in [0, 0.1) is 11.6 Å². The van der Waals surface area contributed by atoms with Gasteiger partial charge in [-0.15, -0.1) is 0 Å². The van der Waals surface area contributed by atoms with Crippen molar-refractivity contribution in [1.82, 2.24) is 0 Å². The van der Waals surface area contributed by atoms with Crippen LogP contribution >= 0.6 is 15.9 Å². The summed E-state index contributed by atoms with van der Waals surface area (Å²) < 4.78 is 53.4. The van der Waals surface area contributed by atoms with Crippen molar-refractivity contribution in [1.29, 1.82) is 0 Å². The third-order valence-electron chi connectivity index (χ3n) is 2.69. The summed E-state index contributed by atoms with van der Waals surface area (Å²) in [5.41, 5.74) is -0.355. The van der Waals surface area contributed by atoms with Crippen molar-refractivity contribution in [2.75, 3.05) is 4.72 Å². The zero-order valence-corrected chi connectivity index (χ0v) is 12.9. The van der Waals surface area contributed by atoms with E-state index in [1.54, 1.807) is 6.07 Å². The van der Waals surface area contributed by atoms with Crippen LogP contribution in [0.5, 0.6) is 0 Å². The Morgan fingerprint density at radius 3 is 2.48 bits per heavy atom. The zero-order valence-electron chi connectivity index (χ0n) is 10.5. The normalized spacial score (nSPS) is 11.4. The first kappa shape index (κ1) is 15.9. The first-order valence-corrected chi connectivity index (χ1v) is 7.99. The van der Waals surface area contributed by atoms with Gasteiger partial charge < -0.3 is 5.11 Å². The number of aliphatic hydroxyl groups is 1. The molecule has 0 radical (unpaired) electrons. The second kappa shape index (κ2) is 6.08. The van der Waals surface area contributed by atoms with Crippen LogP contribution in [0.4, 0.5) is 14.5 Å². The average Bonchev–Trinajstić information content (AvgIpc) is 2.44. The molecule has 0 fully saturated rings. The van der Waals surface area contributed by atoms with Gasteiger partial charge in [-0.3, -0.25) is 4.72 Å². The Morgan fingerprint density at radius 1 is 1.14 bits per heavy atom. The van der Waals surface area contributed by atoms with Crippen LogP contribution in [0.2, 0.25) is 0 Å². The summed E-state index contributed by atoms with van der Waals surface area (Å²) >= 11 is 2.80. The van der Waals surface area contributed by atoms with Crippen LogP contribution < -0.4 is 4.72 Å². The van der Waals surface area contributed by atoms with E-state index in [9.17, 15) is 17.2 Å². The van der Waals surface area contributed by atoms with Crippen molar-refractivity contribution in [2.45, 2.75) is 11.5 Å². The van der Waals surface area contributed by atoms with E-state index in [0.29, 0.717) is 0 Å². The largest absolute Gasteiger partial charge is 0.392 e. The molecule has 21 heavy (non-hydrogen) atoms. The van der Waals surface area contributed by atoms with Gasteiger partial charge in [-0.05, 0) is 33.6 Å². The fourth-order valence-electron chi connectivity index (χ4n) is 1.70. The highest BCUT2D eigenvalue weighted by atomic mass is 79.9. The van der Waals surface area contributed by atoms with Crippen molar-refractivity contribution < 1.29 is 22.3 Å². The monoisotopic (exact) mass is 377 g/mol. The molecule has 0 unspecified atom stereocenters. The molecule has 2 aromatic carbocycles. The third kappa shape index (κ3) is 3.39. The highest BCUT2D eigenvalue weighted by Crippen LogP contribution is 2.26. The summed E-state index contributed by atoms with van der Waals surface area (Å²) in [5, 5.41) is 9.15. The number of sulfonamides is 1. The molecular weight excluding hydrogens is 368 g/mol. The Hall–Kier alpha value is -1.51. The summed E-state index contributed by atoms with van der Waals surface area (Å²) in [7, 11) is -4.14. The van der Waals surface area contributed by atoms with E-state index in [1.807, 2.05) is 4.72 Å². The molecule has 0 atom stereocenters. The standard InChI is InChI=1S/C13H10BrF2NO3S/c14-9-5-11(16)12(6-10(9)15)17-21(19,20)13-4-2-1-3-8(13)7-18/h1-6,17-18H,7H2. The quantitative estimate of drug-likeness (QED) is 0.804. The molecule has 0 bridgehead atoms. The molecule has 2 aromatic rings. The van der Waals surface area contributed by atoms with E-state index in [2.05, 4.69) is 15.9 Å². The van der Waals surface area contributed by atoms with Crippen LogP contribution in [-0.4, -0.2) is 13.5 Å². The molecule has 0 aliphatic carbocycles. The lowest BCUT2D eigenvalue weighted by molar-refractivity contribution is 0.278. The first-order chi connectivity index (χ1) is 9.85. The number of benzene rings is 2. The molecule has 2 rings (SSSR count). The molecule has 2 N–H and O–H groups in total. The van der Waals surface area contributed by atoms with Crippen molar-refractivity contribution in [3.8, 4) is 0 Å². The molecule has 0 spiro atoms. The van der Waals surface area contributed by atoms with Gasteiger partial charge in [-0.1, -0.05) is 18.2 Å². The summed E-state index contributed by atoms with van der Waals surface area (Å²) in [6.45, 7) is -0.492. The third-order valence-corrected chi connectivity index (χ3v) is 4.76. The van der Waals surface area contributed by atoms with E-state index in [4.69, 9.17) is 5.11 Å². The number of anilines is 1. The predicted molar refractivity (Wildman–Crippen MR) is 77.2 cm³/mol. The molecule has 0 saturated heterocycles. The zero-order chi connectivity index (χ0) is 15.6. The number of nitrogens with one attached hydrogen (secondary N) is 1. The number of rotatable bonds is 4. The number of aliphatic hydroxyl groups excluding tert-OH is 1. The highest BCUT2D eigenvalue weighted by molar-refractivity contribution is 9.10.